The molecule has 0 saturated heterocycles. The molecule has 1 aliphatic rings. The highest BCUT2D eigenvalue weighted by Crippen LogP contribution is 2.32. The van der Waals surface area contributed by atoms with Crippen LogP contribution in [0.5, 0.6) is 11.5 Å². The zero-order chi connectivity index (χ0) is 19.4. The van der Waals surface area contributed by atoms with Crippen LogP contribution in [0.25, 0.3) is 0 Å². The predicted octanol–water partition coefficient (Wildman–Crippen LogP) is 4.44. The lowest BCUT2D eigenvalue weighted by Gasteiger charge is -2.14. The van der Waals surface area contributed by atoms with E-state index in [1.807, 2.05) is 30.3 Å². The van der Waals surface area contributed by atoms with Crippen LogP contribution in [0, 0.1) is 0 Å². The lowest BCUT2D eigenvalue weighted by Crippen LogP contribution is -2.30. The third-order valence-electron chi connectivity index (χ3n) is 3.92. The Morgan fingerprint density at radius 2 is 1.93 bits per heavy atom. The van der Waals surface area contributed by atoms with Crippen LogP contribution in [0.4, 0.5) is 5.69 Å². The number of aryl methyl sites for hydroxylation is 1. The van der Waals surface area contributed by atoms with E-state index in [1.165, 1.54) is 0 Å². The van der Waals surface area contributed by atoms with E-state index in [-0.39, 0.29) is 13.2 Å². The molecule has 0 bridgehead atoms. The third-order valence-corrected chi connectivity index (χ3v) is 5.07. The average Bonchev–Trinajstić information content (AvgIpc) is 3.10. The quantitative estimate of drug-likeness (QED) is 0.596. The number of benzene rings is 2. The maximum Gasteiger partial charge on any atom is 0.306 e. The summed E-state index contributed by atoms with van der Waals surface area (Å²) in [7, 11) is 0. The summed E-state index contributed by atoms with van der Waals surface area (Å²) in [5.74, 6) is 0.541. The van der Waals surface area contributed by atoms with Crippen LogP contribution in [-0.2, 0) is 20.7 Å². The Kier molecular flexibility index (Phi) is 6.38. The van der Waals surface area contributed by atoms with Crippen LogP contribution in [0.2, 0.25) is 0 Å². The first-order valence-corrected chi connectivity index (χ1v) is 9.85. The van der Waals surface area contributed by atoms with Gasteiger partial charge >= 0.3 is 5.97 Å². The van der Waals surface area contributed by atoms with Crippen molar-refractivity contribution in [2.24, 2.45) is 0 Å². The number of anilines is 1. The van der Waals surface area contributed by atoms with Crippen molar-refractivity contribution in [1.29, 1.82) is 0 Å². The van der Waals surface area contributed by atoms with E-state index in [0.29, 0.717) is 23.6 Å². The van der Waals surface area contributed by atoms with Crippen LogP contribution in [-0.4, -0.2) is 24.8 Å². The second-order valence-corrected chi connectivity index (χ2v) is 7.70. The Bertz CT molecular complexity index is 871. The topological polar surface area (TPSA) is 73.9 Å². The normalized spacial score (nSPS) is 13.1. The number of rotatable bonds is 6. The first-order valence-electron chi connectivity index (χ1n) is 8.26. The van der Waals surface area contributed by atoms with E-state index in [1.54, 1.807) is 13.0 Å². The van der Waals surface area contributed by atoms with Crippen molar-refractivity contribution < 1.29 is 23.8 Å². The lowest BCUT2D eigenvalue weighted by molar-refractivity contribution is -0.153. The van der Waals surface area contributed by atoms with Gasteiger partial charge in [0.15, 0.2) is 17.6 Å². The Labute approximate surface area is 173 Å². The molecule has 0 radical (unpaired) electrons. The molecule has 142 valence electrons. The van der Waals surface area contributed by atoms with Gasteiger partial charge in [-0.15, -0.1) is 0 Å². The second-order valence-electron chi connectivity index (χ2n) is 5.93. The molecule has 1 atom stereocenters. The fourth-order valence-corrected chi connectivity index (χ4v) is 3.62. The molecule has 27 heavy (non-hydrogen) atoms. The Morgan fingerprint density at radius 1 is 1.15 bits per heavy atom. The SMILES string of the molecule is CC(OC(=O)CCc1ccc2c(c1)OCO2)C(=O)Nc1ccc(Br)cc1Br. The molecule has 0 aliphatic carbocycles. The molecule has 0 aromatic heterocycles. The second kappa shape index (κ2) is 8.75. The smallest absolute Gasteiger partial charge is 0.306 e. The van der Waals surface area contributed by atoms with E-state index >= 15 is 0 Å². The number of nitrogens with one attached hydrogen (secondary N) is 1. The molecule has 3 rings (SSSR count). The summed E-state index contributed by atoms with van der Waals surface area (Å²) in [5.41, 5.74) is 1.54. The summed E-state index contributed by atoms with van der Waals surface area (Å²) in [6, 6.07) is 10.9. The highest BCUT2D eigenvalue weighted by Gasteiger charge is 2.19. The van der Waals surface area contributed by atoms with Gasteiger partial charge in [-0.3, -0.25) is 9.59 Å². The minimum Gasteiger partial charge on any atom is -0.454 e. The molecule has 0 spiro atoms. The number of fused-ring (bicyclic) bond motifs is 1. The van der Waals surface area contributed by atoms with Gasteiger partial charge in [0.25, 0.3) is 5.91 Å². The molecule has 1 heterocycles. The molecule has 0 fully saturated rings. The van der Waals surface area contributed by atoms with Gasteiger partial charge in [-0.25, -0.2) is 0 Å². The number of amides is 1. The first kappa shape index (κ1) is 19.7. The van der Waals surface area contributed by atoms with Gasteiger partial charge < -0.3 is 19.5 Å². The van der Waals surface area contributed by atoms with Crippen LogP contribution in [0.3, 0.4) is 0 Å². The van der Waals surface area contributed by atoms with Gasteiger partial charge in [0.1, 0.15) is 0 Å². The number of carbonyl (C=O) groups excluding carboxylic acids is 2. The molecular formula is C19H17Br2NO5. The van der Waals surface area contributed by atoms with Crippen LogP contribution in [0.15, 0.2) is 45.3 Å². The maximum absolute atomic E-state index is 12.2. The minimum absolute atomic E-state index is 0.166. The summed E-state index contributed by atoms with van der Waals surface area (Å²) in [6.07, 6.45) is -0.244. The van der Waals surface area contributed by atoms with E-state index in [4.69, 9.17) is 14.2 Å². The molecule has 1 amide bonds. The van der Waals surface area contributed by atoms with E-state index in [2.05, 4.69) is 37.2 Å². The van der Waals surface area contributed by atoms with E-state index in [9.17, 15) is 9.59 Å². The summed E-state index contributed by atoms with van der Waals surface area (Å²) in [6.45, 7) is 1.75. The highest BCUT2D eigenvalue weighted by molar-refractivity contribution is 9.11. The first-order chi connectivity index (χ1) is 12.9. The predicted molar refractivity (Wildman–Crippen MR) is 107 cm³/mol. The van der Waals surface area contributed by atoms with Gasteiger partial charge in [0.05, 0.1) is 5.69 Å². The minimum atomic E-state index is -0.898. The molecule has 1 N–H and O–H groups in total. The number of esters is 1. The highest BCUT2D eigenvalue weighted by atomic mass is 79.9. The van der Waals surface area contributed by atoms with E-state index in [0.717, 1.165) is 14.5 Å². The Balaban J connectivity index is 1.48. The zero-order valence-electron chi connectivity index (χ0n) is 14.5. The zero-order valence-corrected chi connectivity index (χ0v) is 17.6. The number of hydrogen-bond acceptors (Lipinski definition) is 5. The van der Waals surface area contributed by atoms with Crippen molar-refractivity contribution in [3.63, 3.8) is 0 Å². The average molecular weight is 499 g/mol. The monoisotopic (exact) mass is 497 g/mol. The summed E-state index contributed by atoms with van der Waals surface area (Å²) < 4.78 is 17.4. The van der Waals surface area contributed by atoms with Crippen molar-refractivity contribution >= 4 is 49.4 Å². The number of carbonyl (C=O) groups is 2. The van der Waals surface area contributed by atoms with Crippen molar-refractivity contribution in [2.45, 2.75) is 25.9 Å². The molecule has 2 aromatic rings. The molecule has 1 unspecified atom stereocenters. The van der Waals surface area contributed by atoms with Crippen molar-refractivity contribution in [2.75, 3.05) is 12.1 Å². The Morgan fingerprint density at radius 3 is 2.70 bits per heavy atom. The van der Waals surface area contributed by atoms with Crippen LogP contribution >= 0.6 is 31.9 Å². The molecule has 2 aromatic carbocycles. The standard InChI is InChI=1S/C19H17Br2NO5/c1-11(19(24)22-15-5-4-13(20)9-14(15)21)27-18(23)7-3-12-2-6-16-17(8-12)26-10-25-16/h2,4-6,8-9,11H,3,7,10H2,1H3,(H,22,24). The van der Waals surface area contributed by atoms with Crippen molar-refractivity contribution in [3.05, 3.63) is 50.9 Å². The largest absolute Gasteiger partial charge is 0.454 e. The summed E-state index contributed by atoms with van der Waals surface area (Å²) in [4.78, 5) is 24.3. The number of ether oxygens (including phenoxy) is 3. The van der Waals surface area contributed by atoms with Gasteiger partial charge in [0.2, 0.25) is 6.79 Å². The molecule has 0 saturated carbocycles. The van der Waals surface area contributed by atoms with E-state index < -0.39 is 18.0 Å². The third kappa shape index (κ3) is 5.23. The number of halogens is 2. The summed E-state index contributed by atoms with van der Waals surface area (Å²) in [5, 5.41) is 2.73. The fraction of sp³-hybridized carbons (Fsp3) is 0.263. The number of hydrogen-bond donors (Lipinski definition) is 1. The van der Waals surface area contributed by atoms with Gasteiger partial charge in [0, 0.05) is 15.4 Å². The molecule has 6 nitrogen and oxygen atoms in total. The van der Waals surface area contributed by atoms with Crippen molar-refractivity contribution in [3.8, 4) is 11.5 Å². The van der Waals surface area contributed by atoms with Gasteiger partial charge in [-0.2, -0.15) is 0 Å². The molecular weight excluding hydrogens is 482 g/mol. The van der Waals surface area contributed by atoms with Crippen molar-refractivity contribution in [1.82, 2.24) is 0 Å². The molecule has 8 heteroatoms. The fourth-order valence-electron chi connectivity index (χ4n) is 2.48. The lowest BCUT2D eigenvalue weighted by atomic mass is 10.1. The molecule has 1 aliphatic heterocycles. The maximum atomic E-state index is 12.2. The summed E-state index contributed by atoms with van der Waals surface area (Å²) >= 11 is 6.73. The van der Waals surface area contributed by atoms with Gasteiger partial charge in [-0.05, 0) is 65.2 Å². The Hall–Kier alpha value is -2.06. The van der Waals surface area contributed by atoms with Crippen LogP contribution < -0.4 is 14.8 Å². The van der Waals surface area contributed by atoms with Crippen LogP contribution in [0.1, 0.15) is 18.9 Å². The van der Waals surface area contributed by atoms with Gasteiger partial charge in [-0.1, -0.05) is 22.0 Å².